The maximum absolute atomic E-state index is 8.64. The number of nitrogens with zero attached hydrogens (tertiary/aromatic N) is 1. The molecule has 54 valence electrons. The zero-order valence-electron chi connectivity index (χ0n) is 5.57. The number of aliphatic hydroxyl groups excluding tert-OH is 1. The van der Waals surface area contributed by atoms with E-state index in [-0.39, 0.29) is 12.6 Å². The van der Waals surface area contributed by atoms with Crippen LogP contribution < -0.4 is 5.73 Å². The summed E-state index contributed by atoms with van der Waals surface area (Å²) in [6.45, 7) is -0.0238. The van der Waals surface area contributed by atoms with Crippen LogP contribution in [0.15, 0.2) is 24.5 Å². The molecule has 1 atom stereocenters. The fourth-order valence-corrected chi connectivity index (χ4v) is 0.716. The van der Waals surface area contributed by atoms with Crippen LogP contribution in [0.3, 0.4) is 0 Å². The first-order valence-electron chi connectivity index (χ1n) is 3.11. The van der Waals surface area contributed by atoms with Crippen LogP contribution in [0.25, 0.3) is 0 Å². The van der Waals surface area contributed by atoms with Crippen molar-refractivity contribution in [1.29, 1.82) is 0 Å². The molecule has 0 aromatic carbocycles. The summed E-state index contributed by atoms with van der Waals surface area (Å²) in [7, 11) is 0. The minimum atomic E-state index is -0.275. The van der Waals surface area contributed by atoms with Crippen molar-refractivity contribution < 1.29 is 5.11 Å². The molecule has 0 bridgehead atoms. The van der Waals surface area contributed by atoms with Crippen molar-refractivity contribution in [2.24, 2.45) is 5.73 Å². The molecular formula is C7H10N2O. The van der Waals surface area contributed by atoms with Gasteiger partial charge in [-0.05, 0) is 17.7 Å². The molecule has 0 radical (unpaired) electrons. The molecule has 0 fully saturated rings. The van der Waals surface area contributed by atoms with Gasteiger partial charge in [0.2, 0.25) is 0 Å². The quantitative estimate of drug-likeness (QED) is 0.608. The average molecular weight is 138 g/mol. The molecule has 3 nitrogen and oxygen atoms in total. The van der Waals surface area contributed by atoms with Crippen molar-refractivity contribution >= 4 is 0 Å². The summed E-state index contributed by atoms with van der Waals surface area (Å²) in [5.74, 6) is 0. The third kappa shape index (κ3) is 1.52. The minimum absolute atomic E-state index is 0.0238. The van der Waals surface area contributed by atoms with E-state index in [9.17, 15) is 0 Å². The second-order valence-corrected chi connectivity index (χ2v) is 2.07. The second-order valence-electron chi connectivity index (χ2n) is 2.07. The van der Waals surface area contributed by atoms with Crippen molar-refractivity contribution in [1.82, 2.24) is 4.98 Å². The van der Waals surface area contributed by atoms with Crippen molar-refractivity contribution in [3.8, 4) is 0 Å². The van der Waals surface area contributed by atoms with E-state index < -0.39 is 0 Å². The van der Waals surface area contributed by atoms with Gasteiger partial charge in [0.15, 0.2) is 0 Å². The van der Waals surface area contributed by atoms with E-state index in [0.29, 0.717) is 0 Å². The van der Waals surface area contributed by atoms with Gasteiger partial charge in [-0.15, -0.1) is 0 Å². The van der Waals surface area contributed by atoms with Gasteiger partial charge in [-0.25, -0.2) is 0 Å². The van der Waals surface area contributed by atoms with Crippen molar-refractivity contribution in [3.05, 3.63) is 30.1 Å². The van der Waals surface area contributed by atoms with Gasteiger partial charge in [0, 0.05) is 12.4 Å². The van der Waals surface area contributed by atoms with Crippen LogP contribution in [0, 0.1) is 0 Å². The molecule has 0 saturated carbocycles. The molecule has 0 aliphatic heterocycles. The fraction of sp³-hybridized carbons (Fsp3) is 0.286. The summed E-state index contributed by atoms with van der Waals surface area (Å²) >= 11 is 0. The monoisotopic (exact) mass is 138 g/mol. The molecule has 1 aromatic rings. The van der Waals surface area contributed by atoms with Gasteiger partial charge in [-0.1, -0.05) is 0 Å². The van der Waals surface area contributed by atoms with E-state index in [4.69, 9.17) is 10.8 Å². The topological polar surface area (TPSA) is 59.1 Å². The van der Waals surface area contributed by atoms with E-state index in [2.05, 4.69) is 4.98 Å². The number of aliphatic hydroxyl groups is 1. The Morgan fingerprint density at radius 2 is 2.10 bits per heavy atom. The largest absolute Gasteiger partial charge is 0.394 e. The summed E-state index contributed by atoms with van der Waals surface area (Å²) in [6, 6.07) is 3.31. The van der Waals surface area contributed by atoms with Crippen molar-refractivity contribution in [2.75, 3.05) is 6.61 Å². The molecule has 0 spiro atoms. The SMILES string of the molecule is N[C@@H](CO)c1ccncc1. The number of nitrogens with two attached hydrogens (primary N) is 1. The predicted octanol–water partition coefficient (Wildman–Crippen LogP) is 0.0737. The van der Waals surface area contributed by atoms with Crippen LogP contribution in [0.5, 0.6) is 0 Å². The van der Waals surface area contributed by atoms with Crippen LogP contribution in [0.2, 0.25) is 0 Å². The molecular weight excluding hydrogens is 128 g/mol. The lowest BCUT2D eigenvalue weighted by Crippen LogP contribution is -2.14. The maximum atomic E-state index is 8.64. The van der Waals surface area contributed by atoms with E-state index in [1.54, 1.807) is 24.5 Å². The van der Waals surface area contributed by atoms with Gasteiger partial charge in [0.05, 0.1) is 12.6 Å². The van der Waals surface area contributed by atoms with Gasteiger partial charge in [0.25, 0.3) is 0 Å². The molecule has 0 amide bonds. The summed E-state index contributed by atoms with van der Waals surface area (Å²) in [4.78, 5) is 3.82. The smallest absolute Gasteiger partial charge is 0.0624 e. The highest BCUT2D eigenvalue weighted by atomic mass is 16.3. The molecule has 0 aliphatic rings. The number of hydrogen-bond acceptors (Lipinski definition) is 3. The van der Waals surface area contributed by atoms with Crippen LogP contribution in [-0.4, -0.2) is 16.7 Å². The highest BCUT2D eigenvalue weighted by molar-refractivity contribution is 5.13. The minimum Gasteiger partial charge on any atom is -0.394 e. The van der Waals surface area contributed by atoms with Gasteiger partial charge in [-0.2, -0.15) is 0 Å². The van der Waals surface area contributed by atoms with Crippen molar-refractivity contribution in [3.63, 3.8) is 0 Å². The maximum Gasteiger partial charge on any atom is 0.0624 e. The number of hydrogen-bond donors (Lipinski definition) is 2. The summed E-state index contributed by atoms with van der Waals surface area (Å²) in [5, 5.41) is 8.64. The lowest BCUT2D eigenvalue weighted by molar-refractivity contribution is 0.268. The second kappa shape index (κ2) is 3.29. The first-order valence-corrected chi connectivity index (χ1v) is 3.11. The van der Waals surface area contributed by atoms with Gasteiger partial charge >= 0.3 is 0 Å². The zero-order valence-corrected chi connectivity index (χ0v) is 5.57. The normalized spacial score (nSPS) is 13.0. The lowest BCUT2D eigenvalue weighted by atomic mass is 10.1. The first-order chi connectivity index (χ1) is 4.84. The third-order valence-corrected chi connectivity index (χ3v) is 1.33. The van der Waals surface area contributed by atoms with Gasteiger partial charge < -0.3 is 10.8 Å². The van der Waals surface area contributed by atoms with Crippen LogP contribution in [0.4, 0.5) is 0 Å². The van der Waals surface area contributed by atoms with E-state index >= 15 is 0 Å². The molecule has 1 heterocycles. The number of rotatable bonds is 2. The first kappa shape index (κ1) is 7.18. The average Bonchev–Trinajstić information content (AvgIpc) is 2.05. The standard InChI is InChI=1S/C7H10N2O/c8-7(5-10)6-1-3-9-4-2-6/h1-4,7,10H,5,8H2/t7-/m0/s1. The molecule has 3 heteroatoms. The Balaban J connectivity index is 2.75. The van der Waals surface area contributed by atoms with Crippen molar-refractivity contribution in [2.45, 2.75) is 6.04 Å². The Kier molecular flexibility index (Phi) is 2.36. The van der Waals surface area contributed by atoms with Gasteiger partial charge in [0.1, 0.15) is 0 Å². The summed E-state index contributed by atoms with van der Waals surface area (Å²) < 4.78 is 0. The Morgan fingerprint density at radius 3 is 2.60 bits per heavy atom. The summed E-state index contributed by atoms with van der Waals surface area (Å²) in [6.07, 6.45) is 3.32. The Hall–Kier alpha value is -0.930. The third-order valence-electron chi connectivity index (χ3n) is 1.33. The van der Waals surface area contributed by atoms with E-state index in [1.165, 1.54) is 0 Å². The van der Waals surface area contributed by atoms with E-state index in [0.717, 1.165) is 5.56 Å². The Morgan fingerprint density at radius 1 is 1.50 bits per heavy atom. The highest BCUT2D eigenvalue weighted by Gasteiger charge is 2.00. The Bertz CT molecular complexity index is 188. The molecule has 10 heavy (non-hydrogen) atoms. The highest BCUT2D eigenvalue weighted by Crippen LogP contribution is 2.05. The number of pyridine rings is 1. The molecule has 0 unspecified atom stereocenters. The summed E-state index contributed by atoms with van der Waals surface area (Å²) in [5.41, 5.74) is 6.43. The zero-order chi connectivity index (χ0) is 7.40. The number of aromatic nitrogens is 1. The lowest BCUT2D eigenvalue weighted by Gasteiger charge is -2.05. The molecule has 0 saturated heterocycles. The van der Waals surface area contributed by atoms with Gasteiger partial charge in [-0.3, -0.25) is 4.98 Å². The molecule has 1 rings (SSSR count). The fourth-order valence-electron chi connectivity index (χ4n) is 0.716. The Labute approximate surface area is 59.5 Å². The predicted molar refractivity (Wildman–Crippen MR) is 38.3 cm³/mol. The molecule has 0 aliphatic carbocycles. The molecule has 3 N–H and O–H groups in total. The van der Waals surface area contributed by atoms with Crippen LogP contribution >= 0.6 is 0 Å². The van der Waals surface area contributed by atoms with Crippen LogP contribution in [0.1, 0.15) is 11.6 Å². The molecule has 1 aromatic heterocycles. The van der Waals surface area contributed by atoms with E-state index in [1.807, 2.05) is 0 Å². The van der Waals surface area contributed by atoms with Crippen LogP contribution in [-0.2, 0) is 0 Å².